The Balaban J connectivity index is 2.20. The van der Waals surface area contributed by atoms with E-state index in [4.69, 9.17) is 4.74 Å². The van der Waals surface area contributed by atoms with Crippen LogP contribution in [0.1, 0.15) is 52.9 Å². The van der Waals surface area contributed by atoms with Crippen LogP contribution in [0.3, 0.4) is 0 Å². The lowest BCUT2D eigenvalue weighted by Crippen LogP contribution is -2.48. The SMILES string of the molecule is CCC1NC(=O)CC12CCOC(C)(CC)C2. The van der Waals surface area contributed by atoms with Crippen LogP contribution in [0.25, 0.3) is 0 Å². The third-order valence-electron chi connectivity index (χ3n) is 4.52. The number of ether oxygens (including phenoxy) is 1. The van der Waals surface area contributed by atoms with Gasteiger partial charge in [0.2, 0.25) is 5.91 Å². The summed E-state index contributed by atoms with van der Waals surface area (Å²) in [6.45, 7) is 7.32. The molecule has 2 saturated heterocycles. The molecule has 92 valence electrons. The van der Waals surface area contributed by atoms with Crippen LogP contribution in [-0.2, 0) is 9.53 Å². The first-order chi connectivity index (χ1) is 7.53. The summed E-state index contributed by atoms with van der Waals surface area (Å²) in [5, 5.41) is 3.13. The van der Waals surface area contributed by atoms with Crippen molar-refractivity contribution in [2.45, 2.75) is 64.5 Å². The molecular weight excluding hydrogens is 202 g/mol. The number of carbonyl (C=O) groups is 1. The number of carbonyl (C=O) groups excluding carboxylic acids is 1. The van der Waals surface area contributed by atoms with Crippen LogP contribution in [0.15, 0.2) is 0 Å². The summed E-state index contributed by atoms with van der Waals surface area (Å²) in [6, 6.07) is 0.356. The molecule has 16 heavy (non-hydrogen) atoms. The van der Waals surface area contributed by atoms with Gasteiger partial charge in [0.05, 0.1) is 5.60 Å². The van der Waals surface area contributed by atoms with Gasteiger partial charge in [-0.1, -0.05) is 13.8 Å². The van der Waals surface area contributed by atoms with Crippen molar-refractivity contribution in [2.75, 3.05) is 6.61 Å². The predicted octanol–water partition coefficient (Wildman–Crippen LogP) is 2.25. The zero-order chi connectivity index (χ0) is 11.8. The van der Waals surface area contributed by atoms with Crippen molar-refractivity contribution in [3.63, 3.8) is 0 Å². The molecular formula is C13H23NO2. The van der Waals surface area contributed by atoms with Gasteiger partial charge in [-0.3, -0.25) is 4.79 Å². The molecule has 2 aliphatic rings. The van der Waals surface area contributed by atoms with Crippen LogP contribution < -0.4 is 5.32 Å². The maximum atomic E-state index is 11.6. The number of hydrogen-bond donors (Lipinski definition) is 1. The quantitative estimate of drug-likeness (QED) is 0.782. The predicted molar refractivity (Wildman–Crippen MR) is 63.2 cm³/mol. The first-order valence-electron chi connectivity index (χ1n) is 6.47. The second-order valence-corrected chi connectivity index (χ2v) is 5.65. The average molecular weight is 225 g/mol. The van der Waals surface area contributed by atoms with Crippen molar-refractivity contribution in [3.05, 3.63) is 0 Å². The number of nitrogens with one attached hydrogen (secondary N) is 1. The Morgan fingerprint density at radius 2 is 2.25 bits per heavy atom. The topological polar surface area (TPSA) is 38.3 Å². The fourth-order valence-corrected chi connectivity index (χ4v) is 3.44. The Kier molecular flexibility index (Phi) is 2.99. The van der Waals surface area contributed by atoms with Gasteiger partial charge in [-0.25, -0.2) is 0 Å². The Hall–Kier alpha value is -0.570. The first kappa shape index (κ1) is 11.9. The van der Waals surface area contributed by atoms with E-state index in [2.05, 4.69) is 26.1 Å². The Morgan fingerprint density at radius 3 is 2.88 bits per heavy atom. The van der Waals surface area contributed by atoms with Gasteiger partial charge in [0, 0.05) is 24.5 Å². The molecule has 2 heterocycles. The summed E-state index contributed by atoms with van der Waals surface area (Å²) in [4.78, 5) is 11.6. The Bertz CT molecular complexity index is 292. The Morgan fingerprint density at radius 1 is 1.50 bits per heavy atom. The monoisotopic (exact) mass is 225 g/mol. The lowest BCUT2D eigenvalue weighted by Gasteiger charge is -2.46. The molecule has 1 amide bonds. The summed E-state index contributed by atoms with van der Waals surface area (Å²) < 4.78 is 5.89. The van der Waals surface area contributed by atoms with Crippen LogP contribution in [0.4, 0.5) is 0 Å². The maximum Gasteiger partial charge on any atom is 0.220 e. The van der Waals surface area contributed by atoms with Gasteiger partial charge in [-0.2, -0.15) is 0 Å². The van der Waals surface area contributed by atoms with Crippen LogP contribution in [-0.4, -0.2) is 24.2 Å². The van der Waals surface area contributed by atoms with Crippen LogP contribution in [0, 0.1) is 5.41 Å². The van der Waals surface area contributed by atoms with Crippen molar-refractivity contribution in [3.8, 4) is 0 Å². The summed E-state index contributed by atoms with van der Waals surface area (Å²) in [5.74, 6) is 0.229. The molecule has 0 saturated carbocycles. The molecule has 1 spiro atoms. The summed E-state index contributed by atoms with van der Waals surface area (Å²) in [7, 11) is 0. The van der Waals surface area contributed by atoms with E-state index in [-0.39, 0.29) is 16.9 Å². The van der Waals surface area contributed by atoms with E-state index in [1.54, 1.807) is 0 Å². The van der Waals surface area contributed by atoms with E-state index in [9.17, 15) is 4.79 Å². The molecule has 0 radical (unpaired) electrons. The van der Waals surface area contributed by atoms with Gasteiger partial charge in [0.1, 0.15) is 0 Å². The molecule has 2 rings (SSSR count). The highest BCUT2D eigenvalue weighted by atomic mass is 16.5. The summed E-state index contributed by atoms with van der Waals surface area (Å²) in [5.41, 5.74) is 0.132. The van der Waals surface area contributed by atoms with Crippen LogP contribution in [0.5, 0.6) is 0 Å². The van der Waals surface area contributed by atoms with Crippen molar-refractivity contribution in [1.82, 2.24) is 5.32 Å². The van der Waals surface area contributed by atoms with E-state index in [1.165, 1.54) is 0 Å². The first-order valence-corrected chi connectivity index (χ1v) is 6.47. The lowest BCUT2D eigenvalue weighted by atomic mass is 9.67. The van der Waals surface area contributed by atoms with Gasteiger partial charge >= 0.3 is 0 Å². The van der Waals surface area contributed by atoms with Crippen molar-refractivity contribution < 1.29 is 9.53 Å². The minimum atomic E-state index is -0.0298. The van der Waals surface area contributed by atoms with Crippen LogP contribution >= 0.6 is 0 Å². The maximum absolute atomic E-state index is 11.6. The number of hydrogen-bond acceptors (Lipinski definition) is 2. The van der Waals surface area contributed by atoms with E-state index >= 15 is 0 Å². The molecule has 0 aliphatic carbocycles. The molecule has 1 N–H and O–H groups in total. The van der Waals surface area contributed by atoms with Gasteiger partial charge in [0.15, 0.2) is 0 Å². The van der Waals surface area contributed by atoms with Crippen molar-refractivity contribution in [2.24, 2.45) is 5.41 Å². The second-order valence-electron chi connectivity index (χ2n) is 5.65. The molecule has 3 unspecified atom stereocenters. The molecule has 0 aromatic heterocycles. The van der Waals surface area contributed by atoms with Gasteiger partial charge in [-0.15, -0.1) is 0 Å². The zero-order valence-electron chi connectivity index (χ0n) is 10.6. The van der Waals surface area contributed by atoms with Gasteiger partial charge in [-0.05, 0) is 32.6 Å². The second kappa shape index (κ2) is 4.02. The van der Waals surface area contributed by atoms with Gasteiger partial charge < -0.3 is 10.1 Å². The summed E-state index contributed by atoms with van der Waals surface area (Å²) >= 11 is 0. The van der Waals surface area contributed by atoms with E-state index < -0.39 is 0 Å². The highest BCUT2D eigenvalue weighted by Crippen LogP contribution is 2.48. The molecule has 2 fully saturated rings. The third kappa shape index (κ3) is 1.86. The lowest BCUT2D eigenvalue weighted by molar-refractivity contribution is -0.127. The molecule has 3 nitrogen and oxygen atoms in total. The highest BCUT2D eigenvalue weighted by molar-refractivity contribution is 5.80. The fraction of sp³-hybridized carbons (Fsp3) is 0.923. The third-order valence-corrected chi connectivity index (χ3v) is 4.52. The highest BCUT2D eigenvalue weighted by Gasteiger charge is 2.51. The smallest absolute Gasteiger partial charge is 0.220 e. The van der Waals surface area contributed by atoms with E-state index in [1.807, 2.05) is 0 Å². The molecule has 0 aromatic rings. The average Bonchev–Trinajstić information content (AvgIpc) is 2.54. The molecule has 0 bridgehead atoms. The summed E-state index contributed by atoms with van der Waals surface area (Å²) in [6.07, 6.45) is 4.81. The van der Waals surface area contributed by atoms with Crippen LogP contribution in [0.2, 0.25) is 0 Å². The number of amides is 1. The number of rotatable bonds is 2. The largest absolute Gasteiger partial charge is 0.375 e. The molecule has 3 heteroatoms. The van der Waals surface area contributed by atoms with E-state index in [0.29, 0.717) is 12.5 Å². The molecule has 0 aromatic carbocycles. The van der Waals surface area contributed by atoms with E-state index in [0.717, 1.165) is 32.3 Å². The fourth-order valence-electron chi connectivity index (χ4n) is 3.44. The van der Waals surface area contributed by atoms with Gasteiger partial charge in [0.25, 0.3) is 0 Å². The molecule has 2 aliphatic heterocycles. The van der Waals surface area contributed by atoms with Crippen molar-refractivity contribution >= 4 is 5.91 Å². The minimum Gasteiger partial charge on any atom is -0.375 e. The Labute approximate surface area is 97.9 Å². The molecule has 3 atom stereocenters. The normalized spacial score (nSPS) is 43.7. The zero-order valence-corrected chi connectivity index (χ0v) is 10.6. The van der Waals surface area contributed by atoms with Crippen molar-refractivity contribution in [1.29, 1.82) is 0 Å². The standard InChI is InChI=1S/C13H23NO2/c1-4-10-13(8-11(15)14-10)6-7-16-12(3,5-2)9-13/h10H,4-9H2,1-3H3,(H,14,15). The minimum absolute atomic E-state index is 0.0298.